The van der Waals surface area contributed by atoms with Crippen molar-refractivity contribution in [2.75, 3.05) is 13.1 Å². The molecule has 16 heavy (non-hydrogen) atoms. The Balaban J connectivity index is 2.15. The first-order valence-corrected chi connectivity index (χ1v) is 5.63. The number of likely N-dealkylation sites (tertiary alicyclic amines) is 1. The van der Waals surface area contributed by atoms with E-state index in [1.54, 1.807) is 10.9 Å². The highest BCUT2D eigenvalue weighted by atomic mass is 16.2. The molecule has 5 nitrogen and oxygen atoms in total. The molecule has 0 aromatic carbocycles. The van der Waals surface area contributed by atoms with Crippen LogP contribution in [0.3, 0.4) is 0 Å². The summed E-state index contributed by atoms with van der Waals surface area (Å²) >= 11 is 0. The largest absolute Gasteiger partial charge is 0.337 e. The monoisotopic (exact) mass is 222 g/mol. The van der Waals surface area contributed by atoms with Gasteiger partial charge in [-0.3, -0.25) is 9.48 Å². The van der Waals surface area contributed by atoms with E-state index in [0.717, 1.165) is 25.1 Å². The second-order valence-corrected chi connectivity index (χ2v) is 4.42. The van der Waals surface area contributed by atoms with Crippen molar-refractivity contribution in [3.63, 3.8) is 0 Å². The smallest absolute Gasteiger partial charge is 0.257 e. The first kappa shape index (κ1) is 11.1. The van der Waals surface area contributed by atoms with Gasteiger partial charge in [0.2, 0.25) is 0 Å². The van der Waals surface area contributed by atoms with Gasteiger partial charge in [-0.15, -0.1) is 0 Å². The summed E-state index contributed by atoms with van der Waals surface area (Å²) in [6.07, 6.45) is 3.64. The predicted octanol–water partition coefficient (Wildman–Crippen LogP) is 0.292. The van der Waals surface area contributed by atoms with E-state index in [-0.39, 0.29) is 11.9 Å². The lowest BCUT2D eigenvalue weighted by molar-refractivity contribution is 0.0708. The van der Waals surface area contributed by atoms with Crippen LogP contribution in [0.4, 0.5) is 0 Å². The van der Waals surface area contributed by atoms with Gasteiger partial charge in [-0.1, -0.05) is 0 Å². The van der Waals surface area contributed by atoms with E-state index in [4.69, 9.17) is 5.73 Å². The van der Waals surface area contributed by atoms with E-state index >= 15 is 0 Å². The van der Waals surface area contributed by atoms with Crippen LogP contribution in [0, 0.1) is 6.92 Å². The Morgan fingerprint density at radius 1 is 1.62 bits per heavy atom. The second kappa shape index (κ2) is 4.25. The molecule has 1 aliphatic rings. The van der Waals surface area contributed by atoms with Crippen molar-refractivity contribution in [2.24, 2.45) is 12.8 Å². The second-order valence-electron chi connectivity index (χ2n) is 4.42. The first-order chi connectivity index (χ1) is 7.59. The minimum absolute atomic E-state index is 0.0563. The first-order valence-electron chi connectivity index (χ1n) is 5.63. The molecule has 1 amide bonds. The van der Waals surface area contributed by atoms with E-state index in [2.05, 4.69) is 5.10 Å². The van der Waals surface area contributed by atoms with Gasteiger partial charge in [0.15, 0.2) is 0 Å². The molecule has 1 aromatic rings. The van der Waals surface area contributed by atoms with Crippen LogP contribution in [0.1, 0.15) is 28.9 Å². The molecule has 5 heteroatoms. The third-order valence-corrected chi connectivity index (χ3v) is 3.21. The zero-order valence-electron chi connectivity index (χ0n) is 9.81. The number of nitrogens with zero attached hydrogens (tertiary/aromatic N) is 3. The molecule has 0 saturated carbocycles. The van der Waals surface area contributed by atoms with Crippen molar-refractivity contribution in [2.45, 2.75) is 25.8 Å². The topological polar surface area (TPSA) is 64.2 Å². The maximum atomic E-state index is 12.2. The summed E-state index contributed by atoms with van der Waals surface area (Å²) in [5, 5.41) is 4.09. The van der Waals surface area contributed by atoms with Crippen LogP contribution >= 0.6 is 0 Å². The molecule has 2 heterocycles. The molecule has 2 rings (SSSR count). The van der Waals surface area contributed by atoms with Crippen LogP contribution in [-0.2, 0) is 7.05 Å². The molecule has 0 aliphatic carbocycles. The molecule has 0 bridgehead atoms. The molecule has 1 fully saturated rings. The Bertz CT molecular complexity index is 399. The number of hydrogen-bond acceptors (Lipinski definition) is 3. The predicted molar refractivity (Wildman–Crippen MR) is 61.1 cm³/mol. The molecule has 1 atom stereocenters. The average Bonchev–Trinajstić information content (AvgIpc) is 2.59. The van der Waals surface area contributed by atoms with Crippen molar-refractivity contribution < 1.29 is 4.79 Å². The Labute approximate surface area is 95.2 Å². The summed E-state index contributed by atoms with van der Waals surface area (Å²) in [5.74, 6) is 0.0563. The summed E-state index contributed by atoms with van der Waals surface area (Å²) in [7, 11) is 1.84. The van der Waals surface area contributed by atoms with Gasteiger partial charge < -0.3 is 10.6 Å². The van der Waals surface area contributed by atoms with Crippen LogP contribution in [-0.4, -0.2) is 39.7 Å². The Morgan fingerprint density at radius 2 is 2.38 bits per heavy atom. The zero-order chi connectivity index (χ0) is 11.7. The van der Waals surface area contributed by atoms with Gasteiger partial charge in [-0.25, -0.2) is 0 Å². The molecule has 0 radical (unpaired) electrons. The van der Waals surface area contributed by atoms with Crippen LogP contribution in [0.5, 0.6) is 0 Å². The summed E-state index contributed by atoms with van der Waals surface area (Å²) in [6.45, 7) is 3.37. The van der Waals surface area contributed by atoms with Crippen LogP contribution < -0.4 is 5.73 Å². The van der Waals surface area contributed by atoms with E-state index in [0.29, 0.717) is 12.1 Å². The number of aromatic nitrogens is 2. The molecular formula is C11H18N4O. The summed E-state index contributed by atoms with van der Waals surface area (Å²) in [4.78, 5) is 14.0. The Kier molecular flexibility index (Phi) is 2.96. The lowest BCUT2D eigenvalue weighted by atomic mass is 10.1. The van der Waals surface area contributed by atoms with E-state index in [1.807, 2.05) is 18.9 Å². The van der Waals surface area contributed by atoms with Gasteiger partial charge in [0.05, 0.1) is 11.8 Å². The molecule has 1 unspecified atom stereocenters. The van der Waals surface area contributed by atoms with Gasteiger partial charge in [0, 0.05) is 31.9 Å². The fraction of sp³-hybridized carbons (Fsp3) is 0.636. The van der Waals surface area contributed by atoms with Gasteiger partial charge in [-0.05, 0) is 19.8 Å². The Morgan fingerprint density at radius 3 is 2.94 bits per heavy atom. The lowest BCUT2D eigenvalue weighted by Gasteiger charge is -2.30. The van der Waals surface area contributed by atoms with E-state index in [1.165, 1.54) is 0 Å². The molecule has 1 aromatic heterocycles. The highest BCUT2D eigenvalue weighted by Crippen LogP contribution is 2.14. The third kappa shape index (κ3) is 1.95. The number of nitrogens with two attached hydrogens (primary N) is 1. The van der Waals surface area contributed by atoms with Crippen LogP contribution in [0.2, 0.25) is 0 Å². The quantitative estimate of drug-likeness (QED) is 0.743. The minimum Gasteiger partial charge on any atom is -0.337 e. The molecule has 1 saturated heterocycles. The zero-order valence-corrected chi connectivity index (χ0v) is 9.81. The maximum absolute atomic E-state index is 12.2. The number of carbonyl (C=O) groups excluding carboxylic acids is 1. The molecular weight excluding hydrogens is 204 g/mol. The third-order valence-electron chi connectivity index (χ3n) is 3.21. The molecule has 0 spiro atoms. The van der Waals surface area contributed by atoms with Crippen LogP contribution in [0.25, 0.3) is 0 Å². The van der Waals surface area contributed by atoms with E-state index in [9.17, 15) is 4.79 Å². The number of rotatable bonds is 1. The van der Waals surface area contributed by atoms with Gasteiger partial charge in [0.1, 0.15) is 0 Å². The SMILES string of the molecule is Cc1c(C(=O)N2CCCC(N)C2)cnn1C. The van der Waals surface area contributed by atoms with Crippen LogP contribution in [0.15, 0.2) is 6.20 Å². The number of piperidine rings is 1. The normalized spacial score (nSPS) is 21.2. The summed E-state index contributed by atoms with van der Waals surface area (Å²) < 4.78 is 1.72. The van der Waals surface area contributed by atoms with Gasteiger partial charge in [-0.2, -0.15) is 5.10 Å². The fourth-order valence-corrected chi connectivity index (χ4v) is 2.07. The Hall–Kier alpha value is -1.36. The van der Waals surface area contributed by atoms with Crippen molar-refractivity contribution in [1.82, 2.24) is 14.7 Å². The lowest BCUT2D eigenvalue weighted by Crippen LogP contribution is -2.45. The average molecular weight is 222 g/mol. The van der Waals surface area contributed by atoms with Crippen molar-refractivity contribution in [3.8, 4) is 0 Å². The fourth-order valence-electron chi connectivity index (χ4n) is 2.07. The maximum Gasteiger partial charge on any atom is 0.257 e. The molecule has 1 aliphatic heterocycles. The van der Waals surface area contributed by atoms with Crippen molar-refractivity contribution in [1.29, 1.82) is 0 Å². The van der Waals surface area contributed by atoms with E-state index < -0.39 is 0 Å². The summed E-state index contributed by atoms with van der Waals surface area (Å²) in [6, 6.07) is 0.120. The standard InChI is InChI=1S/C11H18N4O/c1-8-10(6-13-14(8)2)11(16)15-5-3-4-9(12)7-15/h6,9H,3-5,7,12H2,1-2H3. The van der Waals surface area contributed by atoms with Crippen molar-refractivity contribution >= 4 is 5.91 Å². The molecule has 2 N–H and O–H groups in total. The molecule has 88 valence electrons. The highest BCUT2D eigenvalue weighted by Gasteiger charge is 2.24. The number of aryl methyl sites for hydroxylation is 1. The minimum atomic E-state index is 0.0563. The van der Waals surface area contributed by atoms with Gasteiger partial charge >= 0.3 is 0 Å². The van der Waals surface area contributed by atoms with Crippen molar-refractivity contribution in [3.05, 3.63) is 17.5 Å². The number of amides is 1. The van der Waals surface area contributed by atoms with Gasteiger partial charge in [0.25, 0.3) is 5.91 Å². The number of hydrogen-bond donors (Lipinski definition) is 1. The number of carbonyl (C=O) groups is 1. The summed E-state index contributed by atoms with van der Waals surface area (Å²) in [5.41, 5.74) is 7.47. The highest BCUT2D eigenvalue weighted by molar-refractivity contribution is 5.95.